The molecular weight excluding hydrogens is 266 g/mol. The van der Waals surface area contributed by atoms with E-state index < -0.39 is 0 Å². The predicted molar refractivity (Wildman–Crippen MR) is 84.0 cm³/mol. The number of rotatable bonds is 6. The van der Waals surface area contributed by atoms with E-state index in [0.29, 0.717) is 6.04 Å². The van der Waals surface area contributed by atoms with E-state index in [-0.39, 0.29) is 0 Å². The van der Waals surface area contributed by atoms with Gasteiger partial charge in [-0.25, -0.2) is 0 Å². The molecule has 3 rings (SSSR count). The first-order valence-electron chi connectivity index (χ1n) is 7.30. The molecule has 20 heavy (non-hydrogen) atoms. The minimum atomic E-state index is 0.399. The molecule has 2 aromatic rings. The van der Waals surface area contributed by atoms with Gasteiger partial charge in [0.2, 0.25) is 0 Å². The van der Waals surface area contributed by atoms with Gasteiger partial charge < -0.3 is 10.1 Å². The fourth-order valence-corrected chi connectivity index (χ4v) is 3.36. The van der Waals surface area contributed by atoms with Crippen molar-refractivity contribution < 1.29 is 4.74 Å². The van der Waals surface area contributed by atoms with Crippen LogP contribution in [0.2, 0.25) is 0 Å². The molecule has 0 spiro atoms. The van der Waals surface area contributed by atoms with Crippen LogP contribution in [0.3, 0.4) is 0 Å². The molecule has 1 atom stereocenters. The zero-order valence-corrected chi connectivity index (χ0v) is 12.7. The lowest BCUT2D eigenvalue weighted by Crippen LogP contribution is -2.24. The third-order valence-electron chi connectivity index (χ3n) is 3.81. The maximum atomic E-state index is 5.52. The van der Waals surface area contributed by atoms with E-state index in [4.69, 9.17) is 4.74 Å². The minimum absolute atomic E-state index is 0.399. The SMILES string of the molecule is CCCNC(Cc1ccsc1)c1ccc2c(c1)COC2. The van der Waals surface area contributed by atoms with Crippen molar-refractivity contribution in [3.63, 3.8) is 0 Å². The topological polar surface area (TPSA) is 21.3 Å². The first kappa shape index (κ1) is 13.8. The lowest BCUT2D eigenvalue weighted by atomic mass is 9.97. The van der Waals surface area contributed by atoms with Crippen LogP contribution in [0.25, 0.3) is 0 Å². The molecular formula is C17H21NOS. The third-order valence-corrected chi connectivity index (χ3v) is 4.54. The Balaban J connectivity index is 1.80. The zero-order chi connectivity index (χ0) is 13.8. The van der Waals surface area contributed by atoms with Gasteiger partial charge in [-0.1, -0.05) is 25.1 Å². The molecule has 0 bridgehead atoms. The van der Waals surface area contributed by atoms with E-state index in [1.807, 2.05) is 0 Å². The van der Waals surface area contributed by atoms with Crippen molar-refractivity contribution in [1.29, 1.82) is 0 Å². The molecule has 2 nitrogen and oxygen atoms in total. The Morgan fingerprint density at radius 2 is 2.15 bits per heavy atom. The van der Waals surface area contributed by atoms with Crippen molar-refractivity contribution in [2.24, 2.45) is 0 Å². The Bertz CT molecular complexity index is 550. The second-order valence-corrected chi connectivity index (χ2v) is 6.14. The highest BCUT2D eigenvalue weighted by molar-refractivity contribution is 7.07. The summed E-state index contributed by atoms with van der Waals surface area (Å²) in [4.78, 5) is 0. The van der Waals surface area contributed by atoms with Crippen LogP contribution in [0, 0.1) is 0 Å². The highest BCUT2D eigenvalue weighted by Gasteiger charge is 2.16. The number of nitrogens with one attached hydrogen (secondary N) is 1. The van der Waals surface area contributed by atoms with Crippen LogP contribution in [0.1, 0.15) is 41.6 Å². The highest BCUT2D eigenvalue weighted by Crippen LogP contribution is 2.26. The summed E-state index contributed by atoms with van der Waals surface area (Å²) in [5.41, 5.74) is 5.50. The van der Waals surface area contributed by atoms with Crippen molar-refractivity contribution in [3.8, 4) is 0 Å². The Morgan fingerprint density at radius 1 is 1.25 bits per heavy atom. The maximum Gasteiger partial charge on any atom is 0.0725 e. The van der Waals surface area contributed by atoms with Crippen LogP contribution in [-0.4, -0.2) is 6.54 Å². The van der Waals surface area contributed by atoms with Crippen LogP contribution < -0.4 is 5.32 Å². The summed E-state index contributed by atoms with van der Waals surface area (Å²) in [6.45, 7) is 4.81. The van der Waals surface area contributed by atoms with Crippen molar-refractivity contribution >= 4 is 11.3 Å². The molecule has 0 radical (unpaired) electrons. The van der Waals surface area contributed by atoms with Crippen LogP contribution >= 0.6 is 11.3 Å². The summed E-state index contributed by atoms with van der Waals surface area (Å²) in [5, 5.41) is 8.08. The predicted octanol–water partition coefficient (Wildman–Crippen LogP) is 4.06. The van der Waals surface area contributed by atoms with E-state index in [1.165, 1.54) is 22.3 Å². The van der Waals surface area contributed by atoms with Crippen molar-refractivity contribution in [2.45, 2.75) is 39.0 Å². The van der Waals surface area contributed by atoms with Gasteiger partial charge in [0.1, 0.15) is 0 Å². The quantitative estimate of drug-likeness (QED) is 0.865. The van der Waals surface area contributed by atoms with Gasteiger partial charge in [0.25, 0.3) is 0 Å². The standard InChI is InChI=1S/C17H21NOS/c1-2-6-18-17(8-13-5-7-20-12-13)14-3-4-15-10-19-11-16(15)9-14/h3-5,7,9,12,17-18H,2,6,8,10-11H2,1H3. The van der Waals surface area contributed by atoms with Crippen molar-refractivity contribution in [3.05, 3.63) is 57.3 Å². The van der Waals surface area contributed by atoms with Gasteiger partial charge in [0.05, 0.1) is 13.2 Å². The lowest BCUT2D eigenvalue weighted by molar-refractivity contribution is 0.134. The number of hydrogen-bond donors (Lipinski definition) is 1. The number of ether oxygens (including phenoxy) is 1. The number of hydrogen-bond acceptors (Lipinski definition) is 3. The number of thiophene rings is 1. The summed E-state index contributed by atoms with van der Waals surface area (Å²) >= 11 is 1.77. The van der Waals surface area contributed by atoms with E-state index in [0.717, 1.165) is 32.6 Å². The molecule has 1 unspecified atom stereocenters. The Hall–Kier alpha value is -1.16. The normalized spacial score (nSPS) is 15.2. The van der Waals surface area contributed by atoms with E-state index in [2.05, 4.69) is 47.3 Å². The molecule has 1 N–H and O–H groups in total. The summed E-state index contributed by atoms with van der Waals surface area (Å²) < 4.78 is 5.52. The summed E-state index contributed by atoms with van der Waals surface area (Å²) in [6.07, 6.45) is 2.22. The molecule has 1 aromatic heterocycles. The smallest absolute Gasteiger partial charge is 0.0725 e. The minimum Gasteiger partial charge on any atom is -0.372 e. The van der Waals surface area contributed by atoms with Gasteiger partial charge in [0.15, 0.2) is 0 Å². The van der Waals surface area contributed by atoms with Crippen LogP contribution in [0.5, 0.6) is 0 Å². The third kappa shape index (κ3) is 3.11. The summed E-state index contributed by atoms with van der Waals surface area (Å²) in [6, 6.07) is 9.43. The summed E-state index contributed by atoms with van der Waals surface area (Å²) in [7, 11) is 0. The summed E-state index contributed by atoms with van der Waals surface area (Å²) in [5.74, 6) is 0. The molecule has 0 amide bonds. The molecule has 0 fully saturated rings. The van der Waals surface area contributed by atoms with Crippen LogP contribution in [0.4, 0.5) is 0 Å². The van der Waals surface area contributed by atoms with Gasteiger partial charge in [0, 0.05) is 6.04 Å². The highest BCUT2D eigenvalue weighted by atomic mass is 32.1. The van der Waals surface area contributed by atoms with Gasteiger partial charge >= 0.3 is 0 Å². The van der Waals surface area contributed by atoms with Gasteiger partial charge in [-0.05, 0) is 58.5 Å². The Morgan fingerprint density at radius 3 is 2.95 bits per heavy atom. The lowest BCUT2D eigenvalue weighted by Gasteiger charge is -2.19. The molecule has 106 valence electrons. The molecule has 0 saturated heterocycles. The first-order chi connectivity index (χ1) is 9.86. The van der Waals surface area contributed by atoms with E-state index in [1.54, 1.807) is 11.3 Å². The monoisotopic (exact) mass is 287 g/mol. The maximum absolute atomic E-state index is 5.52. The van der Waals surface area contributed by atoms with E-state index in [9.17, 15) is 0 Å². The zero-order valence-electron chi connectivity index (χ0n) is 11.9. The first-order valence-corrected chi connectivity index (χ1v) is 8.25. The molecule has 0 saturated carbocycles. The second kappa shape index (κ2) is 6.53. The van der Waals surface area contributed by atoms with Gasteiger partial charge in [-0.15, -0.1) is 0 Å². The van der Waals surface area contributed by atoms with Crippen LogP contribution in [0.15, 0.2) is 35.0 Å². The average molecular weight is 287 g/mol. The van der Waals surface area contributed by atoms with Crippen LogP contribution in [-0.2, 0) is 24.4 Å². The van der Waals surface area contributed by atoms with Crippen molar-refractivity contribution in [2.75, 3.05) is 6.54 Å². The molecule has 2 heterocycles. The number of fused-ring (bicyclic) bond motifs is 1. The Labute approximate surface area is 124 Å². The second-order valence-electron chi connectivity index (χ2n) is 5.36. The van der Waals surface area contributed by atoms with E-state index >= 15 is 0 Å². The number of benzene rings is 1. The fraction of sp³-hybridized carbons (Fsp3) is 0.412. The Kier molecular flexibility index (Phi) is 4.51. The molecule has 1 aromatic carbocycles. The van der Waals surface area contributed by atoms with Crippen molar-refractivity contribution in [1.82, 2.24) is 5.32 Å². The fourth-order valence-electron chi connectivity index (χ4n) is 2.68. The molecule has 1 aliphatic rings. The molecule has 0 aliphatic carbocycles. The van der Waals surface area contributed by atoms with Gasteiger partial charge in [-0.2, -0.15) is 11.3 Å². The van der Waals surface area contributed by atoms with Gasteiger partial charge in [-0.3, -0.25) is 0 Å². The largest absolute Gasteiger partial charge is 0.372 e. The molecule has 1 aliphatic heterocycles. The molecule has 3 heteroatoms. The average Bonchev–Trinajstić information content (AvgIpc) is 3.13.